The summed E-state index contributed by atoms with van der Waals surface area (Å²) in [6.07, 6.45) is 0. The van der Waals surface area contributed by atoms with Crippen LogP contribution in [0.15, 0.2) is 21.3 Å². The summed E-state index contributed by atoms with van der Waals surface area (Å²) in [6.45, 7) is 5.99. The highest BCUT2D eigenvalue weighted by molar-refractivity contribution is 5.85. The summed E-state index contributed by atoms with van der Waals surface area (Å²) < 4.78 is 10.1. The fourth-order valence-corrected chi connectivity index (χ4v) is 1.08. The first-order valence-electron chi connectivity index (χ1n) is 4.67. The van der Waals surface area contributed by atoms with E-state index in [-0.39, 0.29) is 18.0 Å². The number of likely N-dealkylation sites (N-methyl/N-ethyl adjacent to an activating group) is 1. The van der Waals surface area contributed by atoms with Gasteiger partial charge in [-0.1, -0.05) is 6.92 Å². The van der Waals surface area contributed by atoms with Crippen LogP contribution < -0.4 is 15.7 Å². The molecule has 0 fully saturated rings. The maximum atomic E-state index is 10.9. The molecule has 0 aliphatic carbocycles. The second kappa shape index (κ2) is 7.31. The minimum absolute atomic E-state index is 0. The van der Waals surface area contributed by atoms with Gasteiger partial charge < -0.3 is 14.5 Å². The van der Waals surface area contributed by atoms with Crippen LogP contribution in [0.2, 0.25) is 0 Å². The summed E-state index contributed by atoms with van der Waals surface area (Å²) >= 11 is 0. The second-order valence-corrected chi connectivity index (χ2v) is 2.92. The van der Waals surface area contributed by atoms with E-state index < -0.39 is 0 Å². The van der Waals surface area contributed by atoms with E-state index in [4.69, 9.17) is 9.15 Å². The molecular weight excluding hydrogens is 218 g/mol. The Morgan fingerprint density at radius 1 is 1.47 bits per heavy atom. The quantitative estimate of drug-likeness (QED) is 0.781. The summed E-state index contributed by atoms with van der Waals surface area (Å²) in [5, 5.41) is 3.12. The third kappa shape index (κ3) is 5.44. The van der Waals surface area contributed by atoms with E-state index in [1.54, 1.807) is 13.0 Å². The molecule has 0 aliphatic heterocycles. The molecule has 1 rings (SSSR count). The zero-order valence-corrected chi connectivity index (χ0v) is 9.73. The number of ether oxygens (including phenoxy) is 1. The number of aryl methyl sites for hydroxylation is 1. The maximum Gasteiger partial charge on any atom is 0.339 e. The molecule has 0 aromatic carbocycles. The molecule has 0 amide bonds. The topological polar surface area (TPSA) is 51.5 Å². The van der Waals surface area contributed by atoms with Crippen molar-refractivity contribution in [2.45, 2.75) is 13.8 Å². The molecule has 1 aromatic rings. The zero-order chi connectivity index (χ0) is 10.4. The molecule has 1 aromatic heterocycles. The summed E-state index contributed by atoms with van der Waals surface area (Å²) in [7, 11) is 0. The van der Waals surface area contributed by atoms with Crippen LogP contribution in [0, 0.1) is 6.92 Å². The van der Waals surface area contributed by atoms with E-state index in [9.17, 15) is 4.79 Å². The van der Waals surface area contributed by atoms with Crippen molar-refractivity contribution in [2.75, 3.05) is 19.7 Å². The minimum Gasteiger partial charge on any atom is -0.492 e. The average Bonchev–Trinajstić information content (AvgIpc) is 2.11. The molecule has 0 atom stereocenters. The number of rotatable bonds is 5. The normalized spacial score (nSPS) is 9.47. The predicted octanol–water partition coefficient (Wildman–Crippen LogP) is 1.36. The molecule has 4 nitrogen and oxygen atoms in total. The predicted molar refractivity (Wildman–Crippen MR) is 61.0 cm³/mol. The summed E-state index contributed by atoms with van der Waals surface area (Å²) in [5.41, 5.74) is -0.372. The molecule has 86 valence electrons. The lowest BCUT2D eigenvalue weighted by atomic mass is 10.4. The van der Waals surface area contributed by atoms with Crippen molar-refractivity contribution in [3.05, 3.63) is 28.3 Å². The Morgan fingerprint density at radius 3 is 2.80 bits per heavy atom. The first-order valence-corrected chi connectivity index (χ1v) is 4.67. The summed E-state index contributed by atoms with van der Waals surface area (Å²) in [4.78, 5) is 10.9. The van der Waals surface area contributed by atoms with E-state index in [0.717, 1.165) is 13.1 Å². The lowest BCUT2D eigenvalue weighted by molar-refractivity contribution is 0.309. The lowest BCUT2D eigenvalue weighted by Crippen LogP contribution is -2.20. The number of nitrogens with one attached hydrogen (secondary N) is 1. The molecule has 0 bridgehead atoms. The third-order valence-corrected chi connectivity index (χ3v) is 1.66. The third-order valence-electron chi connectivity index (χ3n) is 1.66. The SMILES string of the molecule is CCNCCOc1cc(C)oc(=O)c1.Cl. The van der Waals surface area contributed by atoms with Crippen LogP contribution in [0.1, 0.15) is 12.7 Å². The number of hydrogen-bond acceptors (Lipinski definition) is 4. The van der Waals surface area contributed by atoms with E-state index >= 15 is 0 Å². The fraction of sp³-hybridized carbons (Fsp3) is 0.500. The van der Waals surface area contributed by atoms with Crippen LogP contribution >= 0.6 is 12.4 Å². The number of hydrogen-bond donors (Lipinski definition) is 1. The van der Waals surface area contributed by atoms with Crippen molar-refractivity contribution in [2.24, 2.45) is 0 Å². The molecule has 1 heterocycles. The Labute approximate surface area is 95.0 Å². The van der Waals surface area contributed by atoms with Crippen LogP contribution in [0.25, 0.3) is 0 Å². The van der Waals surface area contributed by atoms with Crippen molar-refractivity contribution >= 4 is 12.4 Å². The first-order chi connectivity index (χ1) is 6.72. The van der Waals surface area contributed by atoms with Gasteiger partial charge in [0.15, 0.2) is 0 Å². The van der Waals surface area contributed by atoms with Crippen molar-refractivity contribution in [1.29, 1.82) is 0 Å². The molecule has 0 saturated carbocycles. The first kappa shape index (κ1) is 14.0. The van der Waals surface area contributed by atoms with Gasteiger partial charge in [-0.3, -0.25) is 0 Å². The van der Waals surface area contributed by atoms with Crippen LogP contribution in [0.4, 0.5) is 0 Å². The standard InChI is InChI=1S/C10H15NO3.ClH/c1-3-11-4-5-13-9-6-8(2)14-10(12)7-9;/h6-7,11H,3-5H2,1-2H3;1H. The van der Waals surface area contributed by atoms with Crippen molar-refractivity contribution in [3.63, 3.8) is 0 Å². The van der Waals surface area contributed by atoms with Gasteiger partial charge in [-0.2, -0.15) is 0 Å². The Kier molecular flexibility index (Phi) is 6.83. The maximum absolute atomic E-state index is 10.9. The second-order valence-electron chi connectivity index (χ2n) is 2.92. The lowest BCUT2D eigenvalue weighted by Gasteiger charge is -2.05. The van der Waals surface area contributed by atoms with Gasteiger partial charge in [-0.25, -0.2) is 4.79 Å². The highest BCUT2D eigenvalue weighted by Crippen LogP contribution is 2.08. The van der Waals surface area contributed by atoms with E-state index in [1.165, 1.54) is 6.07 Å². The van der Waals surface area contributed by atoms with Crippen LogP contribution in [0.3, 0.4) is 0 Å². The van der Waals surface area contributed by atoms with E-state index in [1.807, 2.05) is 6.92 Å². The van der Waals surface area contributed by atoms with Gasteiger partial charge in [0.2, 0.25) is 0 Å². The molecule has 0 aliphatic rings. The zero-order valence-electron chi connectivity index (χ0n) is 8.91. The van der Waals surface area contributed by atoms with Gasteiger partial charge >= 0.3 is 5.63 Å². The molecule has 0 radical (unpaired) electrons. The minimum atomic E-state index is -0.372. The van der Waals surface area contributed by atoms with Crippen LogP contribution in [-0.2, 0) is 0 Å². The Bertz CT molecular complexity index is 338. The monoisotopic (exact) mass is 233 g/mol. The molecule has 0 saturated heterocycles. The van der Waals surface area contributed by atoms with Gasteiger partial charge in [0.05, 0.1) is 6.07 Å². The fourth-order valence-electron chi connectivity index (χ4n) is 1.08. The average molecular weight is 234 g/mol. The van der Waals surface area contributed by atoms with Crippen molar-refractivity contribution < 1.29 is 9.15 Å². The molecule has 0 unspecified atom stereocenters. The Hall–Kier alpha value is -1.00. The van der Waals surface area contributed by atoms with Gasteiger partial charge in [-0.05, 0) is 13.5 Å². The van der Waals surface area contributed by atoms with E-state index in [0.29, 0.717) is 18.1 Å². The van der Waals surface area contributed by atoms with Gasteiger partial charge in [-0.15, -0.1) is 12.4 Å². The molecule has 15 heavy (non-hydrogen) atoms. The van der Waals surface area contributed by atoms with Crippen LogP contribution in [0.5, 0.6) is 5.75 Å². The molecule has 0 spiro atoms. The molecule has 5 heteroatoms. The van der Waals surface area contributed by atoms with E-state index in [2.05, 4.69) is 5.32 Å². The Balaban J connectivity index is 0.00000196. The highest BCUT2D eigenvalue weighted by atomic mass is 35.5. The smallest absolute Gasteiger partial charge is 0.339 e. The number of halogens is 1. The highest BCUT2D eigenvalue weighted by Gasteiger charge is 1.98. The van der Waals surface area contributed by atoms with Crippen LogP contribution in [-0.4, -0.2) is 19.7 Å². The summed E-state index contributed by atoms with van der Waals surface area (Å²) in [5.74, 6) is 1.13. The molecule has 1 N–H and O–H groups in total. The largest absolute Gasteiger partial charge is 0.492 e. The van der Waals surface area contributed by atoms with Crippen molar-refractivity contribution in [1.82, 2.24) is 5.32 Å². The summed E-state index contributed by atoms with van der Waals surface area (Å²) in [6, 6.07) is 3.05. The Morgan fingerprint density at radius 2 is 2.20 bits per heavy atom. The van der Waals surface area contributed by atoms with Gasteiger partial charge in [0.1, 0.15) is 18.1 Å². The van der Waals surface area contributed by atoms with Crippen molar-refractivity contribution in [3.8, 4) is 5.75 Å². The van der Waals surface area contributed by atoms with Gasteiger partial charge in [0.25, 0.3) is 0 Å². The van der Waals surface area contributed by atoms with Gasteiger partial charge in [0, 0.05) is 12.6 Å². The molecular formula is C10H16ClNO3.